The van der Waals surface area contributed by atoms with Gasteiger partial charge in [-0.1, -0.05) is 34.6 Å². The first kappa shape index (κ1) is 15.3. The van der Waals surface area contributed by atoms with Crippen LogP contribution in [0.25, 0.3) is 0 Å². The van der Waals surface area contributed by atoms with E-state index in [2.05, 4.69) is 45.3 Å². The minimum absolute atomic E-state index is 0.0328. The van der Waals surface area contributed by atoms with Crippen LogP contribution in [0.3, 0.4) is 0 Å². The van der Waals surface area contributed by atoms with Gasteiger partial charge < -0.3 is 10.6 Å². The summed E-state index contributed by atoms with van der Waals surface area (Å²) >= 11 is 0. The van der Waals surface area contributed by atoms with Crippen LogP contribution in [0.2, 0.25) is 0 Å². The van der Waals surface area contributed by atoms with Crippen LogP contribution in [0.4, 0.5) is 4.79 Å². The van der Waals surface area contributed by atoms with Crippen molar-refractivity contribution >= 4 is 6.03 Å². The molecule has 0 radical (unpaired) electrons. The second-order valence-electron chi connectivity index (χ2n) is 6.03. The maximum atomic E-state index is 11.3. The Labute approximate surface area is 100 Å². The smallest absolute Gasteiger partial charge is 0.314 e. The first-order valence-electron chi connectivity index (χ1n) is 6.33. The first-order valence-corrected chi connectivity index (χ1v) is 6.33. The van der Waals surface area contributed by atoms with Crippen molar-refractivity contribution < 1.29 is 4.79 Å². The van der Waals surface area contributed by atoms with Crippen molar-refractivity contribution in [2.24, 2.45) is 11.3 Å². The van der Waals surface area contributed by atoms with Gasteiger partial charge in [-0.25, -0.2) is 4.79 Å². The Bertz CT molecular complexity index is 195. The van der Waals surface area contributed by atoms with Crippen LogP contribution in [0.5, 0.6) is 0 Å². The molecule has 0 bridgehead atoms. The molecule has 0 rings (SSSR count). The molecule has 0 aliphatic rings. The number of nitrogens with one attached hydrogen (secondary N) is 2. The van der Waals surface area contributed by atoms with Crippen molar-refractivity contribution in [3.63, 3.8) is 0 Å². The SMILES string of the molecule is CC(C)CCNC(=O)NCCCC(C)(C)C. The fourth-order valence-electron chi connectivity index (χ4n) is 1.36. The van der Waals surface area contributed by atoms with Crippen molar-refractivity contribution in [1.29, 1.82) is 0 Å². The molecule has 2 N–H and O–H groups in total. The van der Waals surface area contributed by atoms with E-state index in [1.807, 2.05) is 0 Å². The topological polar surface area (TPSA) is 41.1 Å². The summed E-state index contributed by atoms with van der Waals surface area (Å²) in [6.07, 6.45) is 3.22. The maximum Gasteiger partial charge on any atom is 0.314 e. The lowest BCUT2D eigenvalue weighted by Gasteiger charge is -2.17. The Morgan fingerprint density at radius 2 is 1.69 bits per heavy atom. The van der Waals surface area contributed by atoms with E-state index in [0.29, 0.717) is 11.3 Å². The molecule has 0 aromatic rings. The van der Waals surface area contributed by atoms with Gasteiger partial charge in [-0.2, -0.15) is 0 Å². The predicted molar refractivity (Wildman–Crippen MR) is 69.5 cm³/mol. The summed E-state index contributed by atoms with van der Waals surface area (Å²) in [6, 6.07) is -0.0328. The van der Waals surface area contributed by atoms with Crippen LogP contribution >= 0.6 is 0 Å². The molecule has 0 spiro atoms. The van der Waals surface area contributed by atoms with Gasteiger partial charge in [0.15, 0.2) is 0 Å². The highest BCUT2D eigenvalue weighted by Gasteiger charge is 2.09. The Balaban J connectivity index is 3.38. The van der Waals surface area contributed by atoms with E-state index in [4.69, 9.17) is 0 Å². The fourth-order valence-corrected chi connectivity index (χ4v) is 1.36. The van der Waals surface area contributed by atoms with Gasteiger partial charge in [0.25, 0.3) is 0 Å². The Hall–Kier alpha value is -0.730. The van der Waals surface area contributed by atoms with Gasteiger partial charge in [0.1, 0.15) is 0 Å². The highest BCUT2D eigenvalue weighted by molar-refractivity contribution is 5.73. The van der Waals surface area contributed by atoms with Crippen molar-refractivity contribution in [3.8, 4) is 0 Å². The van der Waals surface area contributed by atoms with Crippen LogP contribution in [0.15, 0.2) is 0 Å². The van der Waals surface area contributed by atoms with Crippen LogP contribution < -0.4 is 10.6 Å². The number of hydrogen-bond acceptors (Lipinski definition) is 1. The van der Waals surface area contributed by atoms with E-state index in [-0.39, 0.29) is 6.03 Å². The minimum atomic E-state index is -0.0328. The molecule has 96 valence electrons. The lowest BCUT2D eigenvalue weighted by molar-refractivity contribution is 0.239. The molecule has 0 aliphatic heterocycles. The minimum Gasteiger partial charge on any atom is -0.338 e. The van der Waals surface area contributed by atoms with Gasteiger partial charge in [-0.15, -0.1) is 0 Å². The third-order valence-electron chi connectivity index (χ3n) is 2.40. The van der Waals surface area contributed by atoms with E-state index in [0.717, 1.165) is 32.4 Å². The number of amides is 2. The van der Waals surface area contributed by atoms with Crippen molar-refractivity contribution in [2.75, 3.05) is 13.1 Å². The number of rotatable bonds is 6. The molecule has 2 amide bonds. The molecule has 0 unspecified atom stereocenters. The standard InChI is InChI=1S/C13H28N2O/c1-11(2)7-10-15-12(16)14-9-6-8-13(3,4)5/h11H,6-10H2,1-5H3,(H2,14,15,16). The largest absolute Gasteiger partial charge is 0.338 e. The van der Waals surface area contributed by atoms with Gasteiger partial charge in [0.05, 0.1) is 0 Å². The third-order valence-corrected chi connectivity index (χ3v) is 2.40. The van der Waals surface area contributed by atoms with Crippen LogP contribution in [0.1, 0.15) is 53.9 Å². The molecule has 16 heavy (non-hydrogen) atoms. The monoisotopic (exact) mass is 228 g/mol. The van der Waals surface area contributed by atoms with Crippen LogP contribution in [0, 0.1) is 11.3 Å². The predicted octanol–water partition coefficient (Wildman–Crippen LogP) is 3.16. The van der Waals surface area contributed by atoms with Gasteiger partial charge >= 0.3 is 6.03 Å². The summed E-state index contributed by atoms with van der Waals surface area (Å²) in [6.45, 7) is 12.5. The van der Waals surface area contributed by atoms with E-state index in [9.17, 15) is 4.79 Å². The number of hydrogen-bond donors (Lipinski definition) is 2. The molecule has 3 heteroatoms. The van der Waals surface area contributed by atoms with Crippen molar-refractivity contribution in [1.82, 2.24) is 10.6 Å². The molecule has 0 atom stereocenters. The molecule has 0 aliphatic carbocycles. The number of carbonyl (C=O) groups is 1. The quantitative estimate of drug-likeness (QED) is 0.674. The van der Waals surface area contributed by atoms with E-state index >= 15 is 0 Å². The van der Waals surface area contributed by atoms with Crippen LogP contribution in [-0.4, -0.2) is 19.1 Å². The van der Waals surface area contributed by atoms with E-state index in [1.165, 1.54) is 0 Å². The van der Waals surface area contributed by atoms with Gasteiger partial charge in [-0.05, 0) is 30.6 Å². The summed E-state index contributed by atoms with van der Waals surface area (Å²) in [5, 5.41) is 5.74. The molecular weight excluding hydrogens is 200 g/mol. The van der Waals surface area contributed by atoms with E-state index < -0.39 is 0 Å². The zero-order valence-corrected chi connectivity index (χ0v) is 11.5. The zero-order valence-electron chi connectivity index (χ0n) is 11.5. The summed E-state index contributed by atoms with van der Waals surface area (Å²) in [7, 11) is 0. The number of carbonyl (C=O) groups excluding carboxylic acids is 1. The molecular formula is C13H28N2O. The van der Waals surface area contributed by atoms with Crippen molar-refractivity contribution in [3.05, 3.63) is 0 Å². The summed E-state index contributed by atoms with van der Waals surface area (Å²) in [4.78, 5) is 11.3. The molecule has 0 saturated carbocycles. The fraction of sp³-hybridized carbons (Fsp3) is 0.923. The second-order valence-corrected chi connectivity index (χ2v) is 6.03. The molecule has 3 nitrogen and oxygen atoms in total. The average molecular weight is 228 g/mol. The van der Waals surface area contributed by atoms with E-state index in [1.54, 1.807) is 0 Å². The molecule has 0 aromatic carbocycles. The second kappa shape index (κ2) is 7.53. The highest BCUT2D eigenvalue weighted by atomic mass is 16.2. The van der Waals surface area contributed by atoms with Gasteiger partial charge in [0.2, 0.25) is 0 Å². The van der Waals surface area contributed by atoms with Gasteiger partial charge in [0, 0.05) is 13.1 Å². The van der Waals surface area contributed by atoms with Gasteiger partial charge in [-0.3, -0.25) is 0 Å². The Kier molecular flexibility index (Phi) is 7.18. The van der Waals surface area contributed by atoms with Crippen LogP contribution in [-0.2, 0) is 0 Å². The lowest BCUT2D eigenvalue weighted by atomic mass is 9.91. The summed E-state index contributed by atoms with van der Waals surface area (Å²) < 4.78 is 0. The molecule has 0 saturated heterocycles. The summed E-state index contributed by atoms with van der Waals surface area (Å²) in [5.41, 5.74) is 0.357. The molecule has 0 heterocycles. The molecule has 0 aromatic heterocycles. The normalized spacial score (nSPS) is 11.6. The highest BCUT2D eigenvalue weighted by Crippen LogP contribution is 2.19. The Morgan fingerprint density at radius 3 is 2.19 bits per heavy atom. The maximum absolute atomic E-state index is 11.3. The van der Waals surface area contributed by atoms with Crippen molar-refractivity contribution in [2.45, 2.75) is 53.9 Å². The number of urea groups is 1. The third kappa shape index (κ3) is 11.3. The lowest BCUT2D eigenvalue weighted by Crippen LogP contribution is -2.37. The Morgan fingerprint density at radius 1 is 1.12 bits per heavy atom. The molecule has 0 fully saturated rings. The average Bonchev–Trinajstić information content (AvgIpc) is 2.10. The summed E-state index contributed by atoms with van der Waals surface area (Å²) in [5.74, 6) is 0.640. The first-order chi connectivity index (χ1) is 7.31. The zero-order chi connectivity index (χ0) is 12.6.